The Bertz CT molecular complexity index is 1390. The normalized spacial score (nSPS) is 11.3. The Morgan fingerprint density at radius 1 is 1.03 bits per heavy atom. The number of hydrogen-bond donors (Lipinski definition) is 2. The number of nitrogens with zero attached hydrogens (tertiary/aromatic N) is 1. The number of carboxylic acid groups (broad SMARTS) is 1. The molecule has 0 aliphatic carbocycles. The lowest BCUT2D eigenvalue weighted by molar-refractivity contribution is -0.139. The summed E-state index contributed by atoms with van der Waals surface area (Å²) in [5, 5.41) is 10.1. The van der Waals surface area contributed by atoms with E-state index in [1.54, 1.807) is 28.8 Å². The molecular weight excluding hydrogens is 442 g/mol. The van der Waals surface area contributed by atoms with Crippen LogP contribution in [0.1, 0.15) is 41.3 Å². The summed E-state index contributed by atoms with van der Waals surface area (Å²) in [5.74, 6) is -2.94. The van der Waals surface area contributed by atoms with Gasteiger partial charge in [0.25, 0.3) is 0 Å². The summed E-state index contributed by atoms with van der Waals surface area (Å²) in [5.41, 5.74) is 7.71. The molecule has 0 bridgehead atoms. The maximum absolute atomic E-state index is 14.6. The van der Waals surface area contributed by atoms with E-state index in [0.717, 1.165) is 18.4 Å². The molecule has 6 nitrogen and oxygen atoms in total. The lowest BCUT2D eigenvalue weighted by atomic mass is 10.0. The number of primary amides is 1. The van der Waals surface area contributed by atoms with E-state index in [0.29, 0.717) is 28.2 Å². The van der Waals surface area contributed by atoms with Gasteiger partial charge in [-0.3, -0.25) is 4.79 Å². The van der Waals surface area contributed by atoms with Gasteiger partial charge in [-0.2, -0.15) is 0 Å². The smallest absolute Gasteiger partial charge is 0.341 e. The number of aryl methyl sites for hydroxylation is 1. The molecule has 0 aliphatic rings. The number of carbonyl (C=O) groups is 2. The zero-order chi connectivity index (χ0) is 24.4. The molecule has 0 radical (unpaired) electrons. The van der Waals surface area contributed by atoms with Crippen molar-refractivity contribution < 1.29 is 28.2 Å². The molecule has 8 heteroatoms. The molecule has 3 N–H and O–H groups in total. The minimum absolute atomic E-state index is 0.127. The van der Waals surface area contributed by atoms with Gasteiger partial charge in [-0.15, -0.1) is 0 Å². The minimum atomic E-state index is -1.15. The zero-order valence-electron chi connectivity index (χ0n) is 18.6. The second-order valence-electron chi connectivity index (χ2n) is 8.12. The zero-order valence-corrected chi connectivity index (χ0v) is 18.6. The number of benzene rings is 3. The number of ether oxygens (including phenoxy) is 1. The number of carbonyl (C=O) groups excluding carboxylic acids is 1. The fourth-order valence-corrected chi connectivity index (χ4v) is 4.27. The first kappa shape index (κ1) is 23.2. The van der Waals surface area contributed by atoms with Crippen molar-refractivity contribution in [1.82, 2.24) is 4.57 Å². The van der Waals surface area contributed by atoms with E-state index < -0.39 is 30.1 Å². The number of amides is 1. The number of carboxylic acids is 1. The predicted octanol–water partition coefficient (Wildman–Crippen LogP) is 5.03. The first-order valence-corrected chi connectivity index (χ1v) is 11.0. The van der Waals surface area contributed by atoms with Crippen LogP contribution in [0.4, 0.5) is 8.78 Å². The molecule has 0 fully saturated rings. The van der Waals surface area contributed by atoms with Gasteiger partial charge in [0.2, 0.25) is 5.91 Å². The van der Waals surface area contributed by atoms with E-state index >= 15 is 0 Å². The Labute approximate surface area is 194 Å². The van der Waals surface area contributed by atoms with Gasteiger partial charge in [0.1, 0.15) is 17.4 Å². The highest BCUT2D eigenvalue weighted by Gasteiger charge is 2.22. The molecule has 0 saturated heterocycles. The van der Waals surface area contributed by atoms with Crippen molar-refractivity contribution in [1.29, 1.82) is 0 Å². The van der Waals surface area contributed by atoms with Crippen molar-refractivity contribution in [3.8, 4) is 5.75 Å². The molecule has 1 aromatic heterocycles. The molecule has 3 aromatic carbocycles. The summed E-state index contributed by atoms with van der Waals surface area (Å²) < 4.78 is 36.5. The number of nitrogens with two attached hydrogens (primary N) is 1. The summed E-state index contributed by atoms with van der Waals surface area (Å²) in [7, 11) is 0. The number of hydrogen-bond acceptors (Lipinski definition) is 3. The van der Waals surface area contributed by atoms with E-state index in [4.69, 9.17) is 10.5 Å². The van der Waals surface area contributed by atoms with E-state index in [-0.39, 0.29) is 23.4 Å². The first-order valence-electron chi connectivity index (χ1n) is 11.0. The Morgan fingerprint density at radius 2 is 1.74 bits per heavy atom. The monoisotopic (exact) mass is 466 g/mol. The van der Waals surface area contributed by atoms with Crippen LogP contribution >= 0.6 is 0 Å². The van der Waals surface area contributed by atoms with Gasteiger partial charge in [-0.25, -0.2) is 13.6 Å². The standard InChI is InChI=1S/C26H24F2N2O4/c1-2-3-6-15-11-21-25(22(12-15)34-14-23(31)32)24-16(26(29)33)7-4-10-20(24)30(21)13-17-18(27)8-5-9-19(17)28/h4-5,7-12H,2-3,6,13-14H2,1H3,(H2,29,33)(H,31,32). The quantitative estimate of drug-likeness (QED) is 0.362. The highest BCUT2D eigenvalue weighted by molar-refractivity contribution is 6.20. The largest absolute Gasteiger partial charge is 0.481 e. The van der Waals surface area contributed by atoms with Crippen LogP contribution in [-0.4, -0.2) is 28.2 Å². The Kier molecular flexibility index (Phi) is 6.49. The van der Waals surface area contributed by atoms with Gasteiger partial charge in [-0.05, 0) is 54.8 Å². The second kappa shape index (κ2) is 9.51. The molecule has 0 saturated carbocycles. The Hall–Kier alpha value is -3.94. The topological polar surface area (TPSA) is 94.6 Å². The van der Waals surface area contributed by atoms with Crippen molar-refractivity contribution in [3.05, 3.63) is 76.9 Å². The average molecular weight is 466 g/mol. The molecule has 1 amide bonds. The highest BCUT2D eigenvalue weighted by Crippen LogP contribution is 2.39. The fraction of sp³-hybridized carbons (Fsp3) is 0.231. The van der Waals surface area contributed by atoms with Gasteiger partial charge in [0.05, 0.1) is 23.0 Å². The third kappa shape index (κ3) is 4.31. The molecular formula is C26H24F2N2O4. The third-order valence-electron chi connectivity index (χ3n) is 5.83. The summed E-state index contributed by atoms with van der Waals surface area (Å²) in [6.07, 6.45) is 2.53. The van der Waals surface area contributed by atoms with Crippen LogP contribution in [0.25, 0.3) is 21.8 Å². The van der Waals surface area contributed by atoms with Crippen LogP contribution in [0, 0.1) is 11.6 Å². The summed E-state index contributed by atoms with van der Waals surface area (Å²) in [6, 6.07) is 12.3. The molecule has 0 atom stereocenters. The van der Waals surface area contributed by atoms with Gasteiger partial charge in [0.15, 0.2) is 6.61 Å². The second-order valence-corrected chi connectivity index (χ2v) is 8.12. The number of fused-ring (bicyclic) bond motifs is 3. The van der Waals surface area contributed by atoms with E-state index in [2.05, 4.69) is 6.92 Å². The van der Waals surface area contributed by atoms with Crippen LogP contribution in [0.2, 0.25) is 0 Å². The molecule has 4 rings (SSSR count). The predicted molar refractivity (Wildman–Crippen MR) is 125 cm³/mol. The van der Waals surface area contributed by atoms with E-state index in [1.165, 1.54) is 18.2 Å². The molecule has 0 unspecified atom stereocenters. The lowest BCUT2D eigenvalue weighted by Crippen LogP contribution is -2.12. The number of halogens is 2. The Balaban J connectivity index is 2.08. The van der Waals surface area contributed by atoms with Crippen LogP contribution in [0.3, 0.4) is 0 Å². The average Bonchev–Trinajstić information content (AvgIpc) is 3.12. The van der Waals surface area contributed by atoms with Crippen molar-refractivity contribution in [2.75, 3.05) is 6.61 Å². The first-order chi connectivity index (χ1) is 16.3. The number of unbranched alkanes of at least 4 members (excludes halogenated alkanes) is 1. The van der Waals surface area contributed by atoms with Crippen molar-refractivity contribution >= 4 is 33.7 Å². The molecule has 176 valence electrons. The van der Waals surface area contributed by atoms with Crippen molar-refractivity contribution in [2.24, 2.45) is 5.73 Å². The summed E-state index contributed by atoms with van der Waals surface area (Å²) in [4.78, 5) is 23.5. The Morgan fingerprint density at radius 3 is 2.38 bits per heavy atom. The molecule has 4 aromatic rings. The highest BCUT2D eigenvalue weighted by atomic mass is 19.1. The molecule has 1 heterocycles. The van der Waals surface area contributed by atoms with E-state index in [1.807, 2.05) is 6.07 Å². The number of rotatable bonds is 9. The van der Waals surface area contributed by atoms with Crippen LogP contribution < -0.4 is 10.5 Å². The number of aliphatic carboxylic acids is 1. The van der Waals surface area contributed by atoms with Gasteiger partial charge < -0.3 is 20.1 Å². The maximum atomic E-state index is 14.6. The molecule has 34 heavy (non-hydrogen) atoms. The lowest BCUT2D eigenvalue weighted by Gasteiger charge is -2.12. The third-order valence-corrected chi connectivity index (χ3v) is 5.83. The van der Waals surface area contributed by atoms with E-state index in [9.17, 15) is 23.5 Å². The summed E-state index contributed by atoms with van der Waals surface area (Å²) in [6.45, 7) is 1.33. The SMILES string of the molecule is CCCCc1cc(OCC(=O)O)c2c3c(C(N)=O)cccc3n(Cc3c(F)cccc3F)c2c1. The maximum Gasteiger partial charge on any atom is 0.341 e. The number of aromatic nitrogens is 1. The van der Waals surface area contributed by atoms with Crippen LogP contribution in [0.15, 0.2) is 48.5 Å². The van der Waals surface area contributed by atoms with Gasteiger partial charge in [-0.1, -0.05) is 25.5 Å². The minimum Gasteiger partial charge on any atom is -0.481 e. The summed E-state index contributed by atoms with van der Waals surface area (Å²) >= 11 is 0. The van der Waals surface area contributed by atoms with Crippen molar-refractivity contribution in [3.63, 3.8) is 0 Å². The van der Waals surface area contributed by atoms with Gasteiger partial charge >= 0.3 is 5.97 Å². The van der Waals surface area contributed by atoms with Crippen LogP contribution in [-0.2, 0) is 17.8 Å². The molecule has 0 spiro atoms. The van der Waals surface area contributed by atoms with Gasteiger partial charge in [0, 0.05) is 16.5 Å². The van der Waals surface area contributed by atoms with Crippen molar-refractivity contribution in [2.45, 2.75) is 32.7 Å². The molecule has 0 aliphatic heterocycles. The van der Waals surface area contributed by atoms with Crippen LogP contribution in [0.5, 0.6) is 5.75 Å². The fourth-order valence-electron chi connectivity index (χ4n) is 4.27.